The van der Waals surface area contributed by atoms with E-state index < -0.39 is 33.1 Å². The van der Waals surface area contributed by atoms with Gasteiger partial charge in [0.05, 0.1) is 19.9 Å². The Labute approximate surface area is 154 Å². The number of alkyl halides is 2. The van der Waals surface area contributed by atoms with Crippen LogP contribution in [-0.4, -0.2) is 64.0 Å². The number of carbonyl (C=O) groups excluding carboxylic acids is 1. The average molecular weight is 398 g/mol. The first-order valence-electron chi connectivity index (χ1n) is 7.16. The first kappa shape index (κ1) is 20.5. The van der Waals surface area contributed by atoms with Crippen molar-refractivity contribution in [2.24, 2.45) is 0 Å². The molecule has 0 atom stereocenters. The van der Waals surface area contributed by atoms with Crippen LogP contribution in [0.3, 0.4) is 0 Å². The van der Waals surface area contributed by atoms with Gasteiger partial charge in [-0.15, -0.1) is 4.98 Å². The summed E-state index contributed by atoms with van der Waals surface area (Å²) in [4.78, 5) is 24.1. The Morgan fingerprint density at radius 3 is 2.19 bits per heavy atom. The highest BCUT2D eigenvalue weighted by atomic mass is 32.2. The van der Waals surface area contributed by atoms with Gasteiger partial charge in [0, 0.05) is 12.6 Å². The molecule has 0 fully saturated rings. The minimum absolute atomic E-state index is 0.208. The molecule has 1 aromatic carbocycles. The quantitative estimate of drug-likeness (QED) is 0.470. The van der Waals surface area contributed by atoms with Gasteiger partial charge < -0.3 is 9.47 Å². The van der Waals surface area contributed by atoms with Crippen LogP contribution in [0, 0.1) is 0 Å². The van der Waals surface area contributed by atoms with Gasteiger partial charge in [-0.2, -0.15) is 18.7 Å². The number of rotatable bonds is 7. The molecule has 2 rings (SSSR count). The molecule has 9 nitrogen and oxygen atoms in total. The number of aromatic nitrogens is 3. The van der Waals surface area contributed by atoms with Gasteiger partial charge >= 0.3 is 17.8 Å². The van der Waals surface area contributed by atoms with Gasteiger partial charge in [0.2, 0.25) is 11.6 Å². The normalized spacial score (nSPS) is 11.3. The fourth-order valence-electron chi connectivity index (χ4n) is 2.09. The first-order valence-corrected chi connectivity index (χ1v) is 8.67. The van der Waals surface area contributed by atoms with Gasteiger partial charge in [0.1, 0.15) is 7.85 Å². The SMILES string of the molecule is [B]c1cccc(C(=O)c2nc(OC)nc(OC)n2)c1N(C)S(=O)(=O)C(F)F. The van der Waals surface area contributed by atoms with Crippen molar-refractivity contribution < 1.29 is 31.5 Å². The molecule has 0 spiro atoms. The molecule has 0 aliphatic heterocycles. The zero-order valence-electron chi connectivity index (χ0n) is 14.4. The number of hydrogen-bond acceptors (Lipinski definition) is 8. The highest BCUT2D eigenvalue weighted by Gasteiger charge is 2.33. The van der Waals surface area contributed by atoms with E-state index in [4.69, 9.17) is 17.3 Å². The number of halogens is 2. The summed E-state index contributed by atoms with van der Waals surface area (Å²) in [6, 6.07) is 3.35. The van der Waals surface area contributed by atoms with Crippen molar-refractivity contribution in [3.63, 3.8) is 0 Å². The Kier molecular flexibility index (Phi) is 5.93. The van der Waals surface area contributed by atoms with Crippen molar-refractivity contribution in [3.8, 4) is 12.0 Å². The van der Waals surface area contributed by atoms with Gasteiger partial charge in [0.25, 0.3) is 10.0 Å². The Morgan fingerprint density at radius 2 is 1.70 bits per heavy atom. The number of nitrogens with zero attached hydrogens (tertiary/aromatic N) is 4. The Balaban J connectivity index is 2.64. The maximum Gasteiger partial charge on any atom is 0.355 e. The third-order valence-electron chi connectivity index (χ3n) is 3.40. The molecule has 27 heavy (non-hydrogen) atoms. The van der Waals surface area contributed by atoms with Gasteiger partial charge in [0.15, 0.2) is 0 Å². The van der Waals surface area contributed by atoms with Crippen LogP contribution in [0.1, 0.15) is 16.2 Å². The van der Waals surface area contributed by atoms with E-state index in [1.54, 1.807) is 0 Å². The number of para-hydroxylation sites is 1. The number of sulfonamides is 1. The first-order chi connectivity index (χ1) is 12.6. The Bertz CT molecular complexity index is 952. The van der Waals surface area contributed by atoms with Crippen molar-refractivity contribution in [2.45, 2.75) is 5.76 Å². The van der Waals surface area contributed by atoms with Crippen LogP contribution < -0.4 is 19.2 Å². The summed E-state index contributed by atoms with van der Waals surface area (Å²) in [5, 5.41) is 0. The molecule has 0 saturated carbocycles. The van der Waals surface area contributed by atoms with E-state index in [2.05, 4.69) is 15.0 Å². The largest absolute Gasteiger partial charge is 0.467 e. The molecule has 0 amide bonds. The molecule has 0 unspecified atom stereocenters. The van der Waals surface area contributed by atoms with E-state index in [1.165, 1.54) is 32.4 Å². The highest BCUT2D eigenvalue weighted by Crippen LogP contribution is 2.25. The minimum atomic E-state index is -5.05. The maximum atomic E-state index is 12.9. The second-order valence-corrected chi connectivity index (χ2v) is 6.91. The van der Waals surface area contributed by atoms with Crippen molar-refractivity contribution in [1.29, 1.82) is 0 Å². The average Bonchev–Trinajstić information content (AvgIpc) is 2.65. The molecule has 0 N–H and O–H groups in total. The van der Waals surface area contributed by atoms with Crippen LogP contribution in [0.5, 0.6) is 12.0 Å². The third-order valence-corrected chi connectivity index (χ3v) is 4.79. The van der Waals surface area contributed by atoms with Crippen molar-refractivity contribution in [2.75, 3.05) is 25.6 Å². The maximum absolute atomic E-state index is 12.9. The third kappa shape index (κ3) is 3.97. The summed E-state index contributed by atoms with van der Waals surface area (Å²) in [5.74, 6) is -5.05. The van der Waals surface area contributed by atoms with Crippen LogP contribution >= 0.6 is 0 Å². The molecular weight excluding hydrogens is 385 g/mol. The van der Waals surface area contributed by atoms with E-state index in [1.807, 2.05) is 0 Å². The van der Waals surface area contributed by atoms with Gasteiger partial charge in [-0.3, -0.25) is 9.10 Å². The molecule has 0 saturated heterocycles. The molecular formula is C14H13BF2N4O5S. The van der Waals surface area contributed by atoms with Crippen LogP contribution in [0.2, 0.25) is 0 Å². The fourth-order valence-corrected chi connectivity index (χ4v) is 2.78. The summed E-state index contributed by atoms with van der Waals surface area (Å²) in [6.07, 6.45) is 0. The van der Waals surface area contributed by atoms with Gasteiger partial charge in [-0.1, -0.05) is 17.6 Å². The number of carbonyl (C=O) groups is 1. The van der Waals surface area contributed by atoms with Crippen LogP contribution in [0.25, 0.3) is 0 Å². The van der Waals surface area contributed by atoms with E-state index >= 15 is 0 Å². The lowest BCUT2D eigenvalue weighted by atomic mass is 9.90. The molecule has 2 aromatic rings. The second-order valence-electron chi connectivity index (χ2n) is 4.98. The molecule has 0 aliphatic carbocycles. The lowest BCUT2D eigenvalue weighted by Gasteiger charge is -2.23. The number of ketones is 1. The Hall–Kier alpha value is -2.83. The predicted octanol–water partition coefficient (Wildman–Crippen LogP) is -0.0978. The van der Waals surface area contributed by atoms with Crippen molar-refractivity contribution >= 4 is 34.8 Å². The van der Waals surface area contributed by atoms with Crippen molar-refractivity contribution in [1.82, 2.24) is 15.0 Å². The van der Waals surface area contributed by atoms with E-state index in [0.717, 1.165) is 7.05 Å². The summed E-state index contributed by atoms with van der Waals surface area (Å²) in [6.45, 7) is 0. The molecule has 1 heterocycles. The molecule has 1 aromatic heterocycles. The molecule has 0 bridgehead atoms. The fraction of sp³-hybridized carbons (Fsp3) is 0.286. The standard InChI is InChI=1S/C14H13BF2N4O5S/c1-21(27(23,24)12(16)17)9-7(5-4-6-8(9)15)10(22)11-18-13(25-2)20-14(19-11)26-3/h4-6,12H,1-3H3. The topological polar surface area (TPSA) is 112 Å². The molecule has 2 radical (unpaired) electrons. The lowest BCUT2D eigenvalue weighted by Crippen LogP contribution is -2.36. The summed E-state index contributed by atoms with van der Waals surface area (Å²) >= 11 is 0. The summed E-state index contributed by atoms with van der Waals surface area (Å²) in [7, 11) is 4.05. The Morgan fingerprint density at radius 1 is 1.15 bits per heavy atom. The van der Waals surface area contributed by atoms with Crippen LogP contribution in [-0.2, 0) is 10.0 Å². The number of benzene rings is 1. The highest BCUT2D eigenvalue weighted by molar-refractivity contribution is 7.93. The smallest absolute Gasteiger partial charge is 0.355 e. The minimum Gasteiger partial charge on any atom is -0.467 e. The lowest BCUT2D eigenvalue weighted by molar-refractivity contribution is 0.102. The molecule has 0 aliphatic rings. The number of anilines is 1. The number of hydrogen-bond donors (Lipinski definition) is 0. The van der Waals surface area contributed by atoms with E-state index in [-0.39, 0.29) is 27.4 Å². The summed E-state index contributed by atoms with van der Waals surface area (Å²) in [5.41, 5.74) is -0.946. The monoisotopic (exact) mass is 398 g/mol. The number of methoxy groups -OCH3 is 2. The number of ether oxygens (including phenoxy) is 2. The van der Waals surface area contributed by atoms with Crippen molar-refractivity contribution in [3.05, 3.63) is 29.6 Å². The predicted molar refractivity (Wildman–Crippen MR) is 91.5 cm³/mol. The van der Waals surface area contributed by atoms with Crippen LogP contribution in [0.4, 0.5) is 14.5 Å². The van der Waals surface area contributed by atoms with E-state index in [0.29, 0.717) is 0 Å². The van der Waals surface area contributed by atoms with Gasteiger partial charge in [-0.05, 0) is 6.07 Å². The van der Waals surface area contributed by atoms with Crippen LogP contribution in [0.15, 0.2) is 18.2 Å². The van der Waals surface area contributed by atoms with E-state index in [9.17, 15) is 22.0 Å². The molecule has 13 heteroatoms. The zero-order valence-corrected chi connectivity index (χ0v) is 15.2. The zero-order chi connectivity index (χ0) is 20.4. The molecule has 142 valence electrons. The van der Waals surface area contributed by atoms with Gasteiger partial charge in [-0.25, -0.2) is 8.42 Å². The second kappa shape index (κ2) is 7.82. The summed E-state index contributed by atoms with van der Waals surface area (Å²) < 4.78 is 59.4.